The van der Waals surface area contributed by atoms with Crippen LogP contribution in [0.25, 0.3) is 0 Å². The summed E-state index contributed by atoms with van der Waals surface area (Å²) < 4.78 is 5.69. The molecule has 1 aromatic carbocycles. The van der Waals surface area contributed by atoms with E-state index in [1.807, 2.05) is 29.2 Å². The van der Waals surface area contributed by atoms with Gasteiger partial charge in [-0.2, -0.15) is 0 Å². The third-order valence-electron chi connectivity index (χ3n) is 4.15. The Morgan fingerprint density at radius 1 is 1.32 bits per heavy atom. The zero-order valence-corrected chi connectivity index (χ0v) is 11.0. The van der Waals surface area contributed by atoms with Crippen LogP contribution in [0.3, 0.4) is 0 Å². The van der Waals surface area contributed by atoms with Crippen LogP contribution in [0, 0.1) is 5.92 Å². The van der Waals surface area contributed by atoms with E-state index in [0.29, 0.717) is 19.7 Å². The van der Waals surface area contributed by atoms with E-state index in [9.17, 15) is 4.79 Å². The maximum atomic E-state index is 12.6. The zero-order valence-electron chi connectivity index (χ0n) is 11.0. The summed E-state index contributed by atoms with van der Waals surface area (Å²) in [4.78, 5) is 14.5. The summed E-state index contributed by atoms with van der Waals surface area (Å²) in [7, 11) is 0. The Morgan fingerprint density at radius 2 is 2.16 bits per heavy atom. The van der Waals surface area contributed by atoms with E-state index in [4.69, 9.17) is 10.5 Å². The number of carbonyl (C=O) groups excluding carboxylic acids is 1. The van der Waals surface area contributed by atoms with E-state index >= 15 is 0 Å². The molecule has 1 saturated carbocycles. The van der Waals surface area contributed by atoms with Gasteiger partial charge in [0.25, 0.3) is 0 Å². The van der Waals surface area contributed by atoms with Crippen molar-refractivity contribution in [2.24, 2.45) is 11.7 Å². The number of ether oxygens (including phenoxy) is 1. The van der Waals surface area contributed by atoms with E-state index in [0.717, 1.165) is 30.6 Å². The molecule has 2 atom stereocenters. The van der Waals surface area contributed by atoms with Crippen molar-refractivity contribution in [1.82, 2.24) is 4.90 Å². The highest BCUT2D eigenvalue weighted by molar-refractivity contribution is 5.80. The van der Waals surface area contributed by atoms with Gasteiger partial charge in [0.1, 0.15) is 12.4 Å². The van der Waals surface area contributed by atoms with Crippen LogP contribution in [0.4, 0.5) is 0 Å². The molecule has 4 nitrogen and oxygen atoms in total. The van der Waals surface area contributed by atoms with Crippen molar-refractivity contribution in [3.8, 4) is 5.75 Å². The summed E-state index contributed by atoms with van der Waals surface area (Å²) in [5, 5.41) is 0. The van der Waals surface area contributed by atoms with E-state index in [1.165, 1.54) is 0 Å². The second kappa shape index (κ2) is 5.21. The molecule has 1 amide bonds. The fourth-order valence-corrected chi connectivity index (χ4v) is 3.04. The van der Waals surface area contributed by atoms with Crippen LogP contribution in [-0.4, -0.2) is 30.0 Å². The minimum atomic E-state index is 0.00487. The summed E-state index contributed by atoms with van der Waals surface area (Å²) in [6, 6.07) is 7.97. The van der Waals surface area contributed by atoms with Gasteiger partial charge in [0.2, 0.25) is 5.91 Å². The van der Waals surface area contributed by atoms with Gasteiger partial charge < -0.3 is 15.4 Å². The van der Waals surface area contributed by atoms with Crippen molar-refractivity contribution in [1.29, 1.82) is 0 Å². The Balaban J connectivity index is 1.77. The quantitative estimate of drug-likeness (QED) is 0.833. The maximum Gasteiger partial charge on any atom is 0.227 e. The number of benzene rings is 1. The van der Waals surface area contributed by atoms with Gasteiger partial charge in [0.05, 0.1) is 12.5 Å². The Labute approximate surface area is 113 Å². The highest BCUT2D eigenvalue weighted by atomic mass is 16.5. The predicted molar refractivity (Wildman–Crippen MR) is 72.7 cm³/mol. The average molecular weight is 260 g/mol. The molecule has 19 heavy (non-hydrogen) atoms. The molecule has 3 rings (SSSR count). The minimum absolute atomic E-state index is 0.00487. The van der Waals surface area contributed by atoms with Crippen molar-refractivity contribution in [3.63, 3.8) is 0 Å². The number of carbonyl (C=O) groups is 1. The summed E-state index contributed by atoms with van der Waals surface area (Å²) in [5.74, 6) is 1.10. The number of nitrogens with two attached hydrogens (primary N) is 1. The van der Waals surface area contributed by atoms with E-state index in [1.54, 1.807) is 0 Å². The molecule has 102 valence electrons. The van der Waals surface area contributed by atoms with Crippen LogP contribution >= 0.6 is 0 Å². The van der Waals surface area contributed by atoms with E-state index in [-0.39, 0.29) is 17.9 Å². The Hall–Kier alpha value is -1.55. The highest BCUT2D eigenvalue weighted by Crippen LogP contribution is 2.28. The van der Waals surface area contributed by atoms with Gasteiger partial charge in [0, 0.05) is 18.2 Å². The van der Waals surface area contributed by atoms with Gasteiger partial charge in [0.15, 0.2) is 0 Å². The van der Waals surface area contributed by atoms with Crippen molar-refractivity contribution in [2.45, 2.75) is 31.8 Å². The molecule has 1 aliphatic heterocycles. The number of fused-ring (bicyclic) bond motifs is 1. The monoisotopic (exact) mass is 260 g/mol. The highest BCUT2D eigenvalue weighted by Gasteiger charge is 2.34. The third-order valence-corrected chi connectivity index (χ3v) is 4.15. The lowest BCUT2D eigenvalue weighted by atomic mass is 10.0. The number of rotatable bonds is 1. The molecule has 2 N–H and O–H groups in total. The molecular weight excluding hydrogens is 240 g/mol. The normalized spacial score (nSPS) is 26.5. The molecule has 2 aliphatic rings. The Kier molecular flexibility index (Phi) is 3.42. The average Bonchev–Trinajstić information content (AvgIpc) is 2.73. The molecule has 0 saturated heterocycles. The van der Waals surface area contributed by atoms with Crippen LogP contribution in [-0.2, 0) is 11.3 Å². The lowest BCUT2D eigenvalue weighted by Crippen LogP contribution is -2.42. The number of hydrogen-bond acceptors (Lipinski definition) is 3. The minimum Gasteiger partial charge on any atom is -0.491 e. The molecule has 0 bridgehead atoms. The molecule has 1 aliphatic carbocycles. The van der Waals surface area contributed by atoms with Gasteiger partial charge in [-0.1, -0.05) is 24.6 Å². The van der Waals surface area contributed by atoms with E-state index in [2.05, 4.69) is 0 Å². The Bertz CT molecular complexity index is 475. The van der Waals surface area contributed by atoms with E-state index < -0.39 is 0 Å². The molecule has 0 spiro atoms. The molecule has 0 radical (unpaired) electrons. The predicted octanol–water partition coefficient (Wildman–Crippen LogP) is 1.53. The summed E-state index contributed by atoms with van der Waals surface area (Å²) in [6.45, 7) is 1.85. The number of hydrogen-bond donors (Lipinski definition) is 1. The second-order valence-electron chi connectivity index (χ2n) is 5.42. The molecular formula is C15H20N2O2. The maximum absolute atomic E-state index is 12.6. The molecule has 1 aromatic rings. The number of para-hydroxylation sites is 1. The molecule has 0 aromatic heterocycles. The SMILES string of the molecule is N[C@@H]1CCC[C@H]1C(=O)N1CCOc2ccccc2C1. The summed E-state index contributed by atoms with van der Waals surface area (Å²) in [5.41, 5.74) is 7.12. The first kappa shape index (κ1) is 12.5. The molecule has 0 unspecified atom stereocenters. The van der Waals surface area contributed by atoms with Gasteiger partial charge in [-0.15, -0.1) is 0 Å². The smallest absolute Gasteiger partial charge is 0.227 e. The number of nitrogens with zero attached hydrogens (tertiary/aromatic N) is 1. The van der Waals surface area contributed by atoms with Crippen LogP contribution in [0.1, 0.15) is 24.8 Å². The van der Waals surface area contributed by atoms with Crippen LogP contribution in [0.5, 0.6) is 5.75 Å². The third kappa shape index (κ3) is 2.45. The first-order chi connectivity index (χ1) is 9.25. The van der Waals surface area contributed by atoms with Gasteiger partial charge >= 0.3 is 0 Å². The summed E-state index contributed by atoms with van der Waals surface area (Å²) >= 11 is 0. The standard InChI is InChI=1S/C15H20N2O2/c16-13-6-3-5-12(13)15(18)17-8-9-19-14-7-2-1-4-11(14)10-17/h1-2,4,7,12-13H,3,5-6,8-10,16H2/t12-,13-/m1/s1. The lowest BCUT2D eigenvalue weighted by molar-refractivity contribution is -0.136. The first-order valence-corrected chi connectivity index (χ1v) is 7.01. The summed E-state index contributed by atoms with van der Waals surface area (Å²) in [6.07, 6.45) is 2.97. The van der Waals surface area contributed by atoms with Crippen LogP contribution in [0.15, 0.2) is 24.3 Å². The molecule has 1 heterocycles. The van der Waals surface area contributed by atoms with Crippen molar-refractivity contribution < 1.29 is 9.53 Å². The fourth-order valence-electron chi connectivity index (χ4n) is 3.04. The zero-order chi connectivity index (χ0) is 13.2. The largest absolute Gasteiger partial charge is 0.491 e. The lowest BCUT2D eigenvalue weighted by Gasteiger charge is -2.25. The molecule has 4 heteroatoms. The van der Waals surface area contributed by atoms with Crippen molar-refractivity contribution >= 4 is 5.91 Å². The first-order valence-electron chi connectivity index (χ1n) is 7.01. The van der Waals surface area contributed by atoms with Crippen LogP contribution in [0.2, 0.25) is 0 Å². The second-order valence-corrected chi connectivity index (χ2v) is 5.42. The van der Waals surface area contributed by atoms with Gasteiger partial charge in [-0.05, 0) is 18.9 Å². The number of amides is 1. The van der Waals surface area contributed by atoms with Gasteiger partial charge in [-0.25, -0.2) is 0 Å². The Morgan fingerprint density at radius 3 is 2.95 bits per heavy atom. The van der Waals surface area contributed by atoms with Crippen molar-refractivity contribution in [3.05, 3.63) is 29.8 Å². The topological polar surface area (TPSA) is 55.6 Å². The van der Waals surface area contributed by atoms with Gasteiger partial charge in [-0.3, -0.25) is 4.79 Å². The van der Waals surface area contributed by atoms with Crippen LogP contribution < -0.4 is 10.5 Å². The fraction of sp³-hybridized carbons (Fsp3) is 0.533. The van der Waals surface area contributed by atoms with Crippen molar-refractivity contribution in [2.75, 3.05) is 13.2 Å². The molecule has 1 fully saturated rings.